The highest BCUT2D eigenvalue weighted by molar-refractivity contribution is 9.09. The van der Waals surface area contributed by atoms with E-state index in [0.29, 0.717) is 11.0 Å². The third kappa shape index (κ3) is 2.97. The lowest BCUT2D eigenvalue weighted by Crippen LogP contribution is -2.45. The molecule has 0 N–H and O–H groups in total. The van der Waals surface area contributed by atoms with E-state index in [0.717, 1.165) is 5.33 Å². The van der Waals surface area contributed by atoms with Crippen LogP contribution in [0.1, 0.15) is 53.4 Å². The van der Waals surface area contributed by atoms with Crippen molar-refractivity contribution in [2.75, 3.05) is 18.4 Å². The van der Waals surface area contributed by atoms with Crippen molar-refractivity contribution in [3.8, 4) is 0 Å². The smallest absolute Gasteiger partial charge is 0.0153 e. The number of hydrogen-bond donors (Lipinski definition) is 0. The van der Waals surface area contributed by atoms with Crippen LogP contribution in [0.5, 0.6) is 0 Å². The largest absolute Gasteiger partial charge is 0.298 e. The fourth-order valence-electron chi connectivity index (χ4n) is 2.57. The first kappa shape index (κ1) is 13.5. The Balaban J connectivity index is 2.66. The zero-order valence-electron chi connectivity index (χ0n) is 10.8. The summed E-state index contributed by atoms with van der Waals surface area (Å²) in [5, 5.41) is 1.14. The van der Waals surface area contributed by atoms with Crippen molar-refractivity contribution in [1.29, 1.82) is 0 Å². The van der Waals surface area contributed by atoms with Crippen molar-refractivity contribution in [2.45, 2.75) is 58.9 Å². The van der Waals surface area contributed by atoms with Crippen molar-refractivity contribution >= 4 is 15.9 Å². The van der Waals surface area contributed by atoms with Crippen LogP contribution in [0.15, 0.2) is 0 Å². The maximum atomic E-state index is 3.71. The molecule has 0 aromatic rings. The third-order valence-corrected chi connectivity index (χ3v) is 5.57. The van der Waals surface area contributed by atoms with Crippen molar-refractivity contribution in [2.24, 2.45) is 5.41 Å². The second-order valence-electron chi connectivity index (χ2n) is 5.68. The predicted molar refractivity (Wildman–Crippen MR) is 71.7 cm³/mol. The van der Waals surface area contributed by atoms with E-state index >= 15 is 0 Å². The molecule has 0 unspecified atom stereocenters. The van der Waals surface area contributed by atoms with Crippen LogP contribution in [0.3, 0.4) is 0 Å². The normalized spacial score (nSPS) is 22.2. The molecule has 0 atom stereocenters. The number of nitrogens with zero attached hydrogens (tertiary/aromatic N) is 1. The van der Waals surface area contributed by atoms with E-state index in [2.05, 4.69) is 48.5 Å². The minimum absolute atomic E-state index is 0.428. The number of hydrogen-bond acceptors (Lipinski definition) is 1. The van der Waals surface area contributed by atoms with E-state index in [-0.39, 0.29) is 0 Å². The molecule has 1 heterocycles. The molecule has 0 amide bonds. The molecule has 1 aliphatic heterocycles. The number of alkyl halides is 1. The van der Waals surface area contributed by atoms with Crippen molar-refractivity contribution in [3.63, 3.8) is 0 Å². The monoisotopic (exact) mass is 275 g/mol. The summed E-state index contributed by atoms with van der Waals surface area (Å²) in [6.45, 7) is 12.0. The molecule has 0 radical (unpaired) electrons. The molecule has 0 bridgehead atoms. The van der Waals surface area contributed by atoms with Gasteiger partial charge in [-0.2, -0.15) is 0 Å². The van der Waals surface area contributed by atoms with Gasteiger partial charge in [-0.3, -0.25) is 4.90 Å². The third-order valence-electron chi connectivity index (χ3n) is 4.38. The van der Waals surface area contributed by atoms with E-state index in [1.54, 1.807) is 0 Å². The molecule has 0 spiro atoms. The Kier molecular flexibility index (Phi) is 4.66. The van der Waals surface area contributed by atoms with Crippen LogP contribution in [0.25, 0.3) is 0 Å². The lowest BCUT2D eigenvalue weighted by atomic mass is 9.83. The fourth-order valence-corrected chi connectivity index (χ4v) is 3.54. The highest BCUT2D eigenvalue weighted by atomic mass is 79.9. The lowest BCUT2D eigenvalue weighted by molar-refractivity contribution is 0.102. The Morgan fingerprint density at radius 2 is 1.87 bits per heavy atom. The Hall–Kier alpha value is 0.440. The van der Waals surface area contributed by atoms with Gasteiger partial charge in [0.15, 0.2) is 0 Å². The SMILES string of the molecule is CCC(CC)(CBr)CN1CCCC1(C)C. The Labute approximate surface area is 104 Å². The predicted octanol–water partition coefficient (Wildman–Crippen LogP) is 4.06. The van der Waals surface area contributed by atoms with Crippen molar-refractivity contribution in [3.05, 3.63) is 0 Å². The lowest BCUT2D eigenvalue weighted by Gasteiger charge is -2.40. The second-order valence-corrected chi connectivity index (χ2v) is 6.24. The molecule has 1 nitrogen and oxygen atoms in total. The molecular weight excluding hydrogens is 250 g/mol. The number of rotatable bonds is 5. The van der Waals surface area contributed by atoms with Gasteiger partial charge in [-0.25, -0.2) is 0 Å². The summed E-state index contributed by atoms with van der Waals surface area (Å²) >= 11 is 3.71. The van der Waals surface area contributed by atoms with E-state index < -0.39 is 0 Å². The molecule has 2 heteroatoms. The van der Waals surface area contributed by atoms with Gasteiger partial charge < -0.3 is 0 Å². The van der Waals surface area contributed by atoms with Gasteiger partial charge in [0, 0.05) is 17.4 Å². The zero-order chi connectivity index (χ0) is 11.5. The zero-order valence-corrected chi connectivity index (χ0v) is 12.4. The van der Waals surface area contributed by atoms with Crippen LogP contribution in [-0.4, -0.2) is 28.9 Å². The summed E-state index contributed by atoms with van der Waals surface area (Å²) in [6, 6.07) is 0. The molecule has 1 rings (SSSR count). The highest BCUT2D eigenvalue weighted by Crippen LogP contribution is 2.36. The molecular formula is C13H26BrN. The van der Waals surface area contributed by atoms with Crippen LogP contribution in [0, 0.1) is 5.41 Å². The van der Waals surface area contributed by atoms with Crippen LogP contribution in [-0.2, 0) is 0 Å². The maximum Gasteiger partial charge on any atom is 0.0153 e. The Bertz CT molecular complexity index is 188. The minimum Gasteiger partial charge on any atom is -0.298 e. The molecule has 0 aromatic carbocycles. The van der Waals surface area contributed by atoms with Crippen LogP contribution in [0.2, 0.25) is 0 Å². The van der Waals surface area contributed by atoms with Gasteiger partial charge in [0.1, 0.15) is 0 Å². The molecule has 15 heavy (non-hydrogen) atoms. The van der Waals surface area contributed by atoms with Gasteiger partial charge in [-0.15, -0.1) is 0 Å². The molecule has 0 aliphatic carbocycles. The first-order valence-electron chi connectivity index (χ1n) is 6.31. The quantitative estimate of drug-likeness (QED) is 0.684. The van der Waals surface area contributed by atoms with E-state index in [9.17, 15) is 0 Å². The van der Waals surface area contributed by atoms with Crippen molar-refractivity contribution < 1.29 is 0 Å². The molecule has 0 saturated carbocycles. The van der Waals surface area contributed by atoms with Gasteiger partial charge in [-0.1, -0.05) is 29.8 Å². The van der Waals surface area contributed by atoms with Crippen LogP contribution in [0.4, 0.5) is 0 Å². The van der Waals surface area contributed by atoms with Gasteiger partial charge in [0.2, 0.25) is 0 Å². The molecule has 1 fully saturated rings. The molecule has 1 aliphatic rings. The number of likely N-dealkylation sites (tertiary alicyclic amines) is 1. The first-order chi connectivity index (χ1) is 6.99. The average Bonchev–Trinajstić information content (AvgIpc) is 2.55. The maximum absolute atomic E-state index is 3.71. The van der Waals surface area contributed by atoms with E-state index in [1.807, 2.05) is 0 Å². The summed E-state index contributed by atoms with van der Waals surface area (Å²) in [5.74, 6) is 0. The molecule has 1 saturated heterocycles. The molecule has 0 aromatic heterocycles. The first-order valence-corrected chi connectivity index (χ1v) is 7.43. The van der Waals surface area contributed by atoms with Crippen molar-refractivity contribution in [1.82, 2.24) is 4.90 Å². The summed E-state index contributed by atoms with van der Waals surface area (Å²) in [6.07, 6.45) is 5.29. The molecule has 90 valence electrons. The van der Waals surface area contributed by atoms with Crippen LogP contribution < -0.4 is 0 Å². The Morgan fingerprint density at radius 1 is 1.27 bits per heavy atom. The summed E-state index contributed by atoms with van der Waals surface area (Å²) in [7, 11) is 0. The summed E-state index contributed by atoms with van der Waals surface area (Å²) in [4.78, 5) is 2.70. The van der Waals surface area contributed by atoms with E-state index in [4.69, 9.17) is 0 Å². The topological polar surface area (TPSA) is 3.24 Å². The van der Waals surface area contributed by atoms with Crippen LogP contribution >= 0.6 is 15.9 Å². The standard InChI is InChI=1S/C13H26BrN/c1-5-13(6-2,10-14)11-15-9-7-8-12(15,3)4/h5-11H2,1-4H3. The number of halogens is 1. The van der Waals surface area contributed by atoms with Gasteiger partial charge in [-0.05, 0) is 51.5 Å². The highest BCUT2D eigenvalue weighted by Gasteiger charge is 2.37. The van der Waals surface area contributed by atoms with Gasteiger partial charge >= 0.3 is 0 Å². The fraction of sp³-hybridized carbons (Fsp3) is 1.00. The minimum atomic E-state index is 0.428. The summed E-state index contributed by atoms with van der Waals surface area (Å²) in [5.41, 5.74) is 0.916. The van der Waals surface area contributed by atoms with Gasteiger partial charge in [0.25, 0.3) is 0 Å². The Morgan fingerprint density at radius 3 is 2.20 bits per heavy atom. The summed E-state index contributed by atoms with van der Waals surface area (Å²) < 4.78 is 0. The van der Waals surface area contributed by atoms with Gasteiger partial charge in [0.05, 0.1) is 0 Å². The average molecular weight is 276 g/mol. The van der Waals surface area contributed by atoms with E-state index in [1.165, 1.54) is 38.8 Å². The second kappa shape index (κ2) is 5.18.